The molecule has 0 saturated heterocycles. The maximum atomic E-state index is 11.7. The number of hydrogen-bond acceptors (Lipinski definition) is 6. The average molecular weight is 352 g/mol. The van der Waals surface area contributed by atoms with E-state index >= 15 is 0 Å². The lowest BCUT2D eigenvalue weighted by atomic mass is 10.2. The molecule has 136 valence electrons. The summed E-state index contributed by atoms with van der Waals surface area (Å²) in [6, 6.07) is 7.78. The van der Waals surface area contributed by atoms with Crippen LogP contribution in [0, 0.1) is 0 Å². The number of carbonyl (C=O) groups excluding carboxylic acids is 1. The van der Waals surface area contributed by atoms with Crippen LogP contribution in [-0.2, 0) is 25.6 Å². The van der Waals surface area contributed by atoms with E-state index in [1.165, 1.54) is 0 Å². The van der Waals surface area contributed by atoms with E-state index in [2.05, 4.69) is 15.3 Å². The Bertz CT molecular complexity index is 577. The number of hydrogen-bond donors (Lipinski definition) is 2. The molecule has 0 saturated carbocycles. The van der Waals surface area contributed by atoms with Gasteiger partial charge in [-0.3, -0.25) is 0 Å². The van der Waals surface area contributed by atoms with E-state index in [4.69, 9.17) is 24.8 Å². The zero-order valence-electron chi connectivity index (χ0n) is 13.5. The van der Waals surface area contributed by atoms with E-state index in [1.807, 2.05) is 6.07 Å². The number of carboxylic acids is 1. The fourth-order valence-corrected chi connectivity index (χ4v) is 1.65. The Kier molecular flexibility index (Phi) is 10.2. The van der Waals surface area contributed by atoms with Crippen LogP contribution in [0.15, 0.2) is 35.4 Å². The normalized spacial score (nSPS) is 11.2. The molecule has 0 aliphatic rings. The van der Waals surface area contributed by atoms with Gasteiger partial charge in [-0.25, -0.2) is 9.59 Å². The summed E-state index contributed by atoms with van der Waals surface area (Å²) in [6.45, 7) is 0.629. The van der Waals surface area contributed by atoms with Crippen molar-refractivity contribution >= 4 is 12.1 Å². The molecule has 0 radical (unpaired) electrons. The van der Waals surface area contributed by atoms with E-state index < -0.39 is 18.1 Å². The van der Waals surface area contributed by atoms with Crippen LogP contribution >= 0.6 is 0 Å². The van der Waals surface area contributed by atoms with Crippen molar-refractivity contribution in [2.24, 2.45) is 5.11 Å². The molecular weight excluding hydrogens is 332 g/mol. The first-order valence-corrected chi connectivity index (χ1v) is 7.50. The molecule has 0 aromatic heterocycles. The SMILES string of the molecule is [N-]=[N+]=NCCOCCOCC(NC(=O)OCc1ccccc1)C(=O)O. The van der Waals surface area contributed by atoms with Crippen LogP contribution in [-0.4, -0.2) is 56.2 Å². The number of rotatable bonds is 12. The second-order valence-corrected chi connectivity index (χ2v) is 4.74. The lowest BCUT2D eigenvalue weighted by Crippen LogP contribution is -2.44. The van der Waals surface area contributed by atoms with E-state index in [9.17, 15) is 9.59 Å². The number of ether oxygens (including phenoxy) is 3. The molecule has 10 nitrogen and oxygen atoms in total. The van der Waals surface area contributed by atoms with Crippen molar-refractivity contribution in [1.29, 1.82) is 0 Å². The molecule has 0 heterocycles. The molecule has 10 heteroatoms. The van der Waals surface area contributed by atoms with E-state index in [-0.39, 0.29) is 39.6 Å². The minimum atomic E-state index is -1.24. The smallest absolute Gasteiger partial charge is 0.408 e. The second kappa shape index (κ2) is 12.6. The maximum Gasteiger partial charge on any atom is 0.408 e. The average Bonchev–Trinajstić information content (AvgIpc) is 2.62. The topological polar surface area (TPSA) is 143 Å². The maximum absolute atomic E-state index is 11.7. The van der Waals surface area contributed by atoms with Gasteiger partial charge in [0.1, 0.15) is 6.61 Å². The fourth-order valence-electron chi connectivity index (χ4n) is 1.65. The van der Waals surface area contributed by atoms with Gasteiger partial charge in [0.05, 0.1) is 26.4 Å². The number of azide groups is 1. The Morgan fingerprint density at radius 3 is 2.60 bits per heavy atom. The molecule has 1 aromatic carbocycles. The van der Waals surface area contributed by atoms with Crippen molar-refractivity contribution in [1.82, 2.24) is 5.32 Å². The van der Waals surface area contributed by atoms with Crippen LogP contribution in [0.5, 0.6) is 0 Å². The molecule has 2 N–H and O–H groups in total. The van der Waals surface area contributed by atoms with Gasteiger partial charge in [0, 0.05) is 11.5 Å². The van der Waals surface area contributed by atoms with Crippen molar-refractivity contribution in [2.75, 3.05) is 33.0 Å². The zero-order valence-corrected chi connectivity index (χ0v) is 13.5. The van der Waals surface area contributed by atoms with Crippen LogP contribution < -0.4 is 5.32 Å². The summed E-state index contributed by atoms with van der Waals surface area (Å²) in [5, 5.41) is 14.6. The minimum Gasteiger partial charge on any atom is -0.480 e. The summed E-state index contributed by atoms with van der Waals surface area (Å²) in [4.78, 5) is 25.3. The van der Waals surface area contributed by atoms with E-state index in [0.29, 0.717) is 0 Å². The van der Waals surface area contributed by atoms with E-state index in [0.717, 1.165) is 5.56 Å². The second-order valence-electron chi connectivity index (χ2n) is 4.74. The number of amides is 1. The number of nitrogens with one attached hydrogen (secondary N) is 1. The van der Waals surface area contributed by atoms with Gasteiger partial charge in [-0.05, 0) is 11.1 Å². The lowest BCUT2D eigenvalue weighted by Gasteiger charge is -2.15. The van der Waals surface area contributed by atoms with Crippen molar-refractivity contribution in [3.8, 4) is 0 Å². The van der Waals surface area contributed by atoms with Crippen LogP contribution in [0.4, 0.5) is 4.79 Å². The Hall–Kier alpha value is -2.81. The molecule has 0 spiro atoms. The Morgan fingerprint density at radius 2 is 1.92 bits per heavy atom. The van der Waals surface area contributed by atoms with Gasteiger partial charge in [0.2, 0.25) is 0 Å². The lowest BCUT2D eigenvalue weighted by molar-refractivity contribution is -0.141. The van der Waals surface area contributed by atoms with Gasteiger partial charge in [0.15, 0.2) is 6.04 Å². The van der Waals surface area contributed by atoms with Gasteiger partial charge < -0.3 is 24.6 Å². The summed E-state index contributed by atoms with van der Waals surface area (Å²) in [5.41, 5.74) is 8.86. The monoisotopic (exact) mass is 352 g/mol. The molecular formula is C15H20N4O6. The quantitative estimate of drug-likeness (QED) is 0.254. The van der Waals surface area contributed by atoms with Gasteiger partial charge in [-0.2, -0.15) is 0 Å². The van der Waals surface area contributed by atoms with Crippen LogP contribution in [0.2, 0.25) is 0 Å². The van der Waals surface area contributed by atoms with Gasteiger partial charge >= 0.3 is 12.1 Å². The summed E-state index contributed by atoms with van der Waals surface area (Å²) >= 11 is 0. The third kappa shape index (κ3) is 9.82. The van der Waals surface area contributed by atoms with Gasteiger partial charge in [0.25, 0.3) is 0 Å². The third-order valence-corrected chi connectivity index (χ3v) is 2.86. The highest BCUT2D eigenvalue weighted by Crippen LogP contribution is 2.01. The summed E-state index contributed by atoms with van der Waals surface area (Å²) < 4.78 is 15.2. The molecule has 1 unspecified atom stereocenters. The highest BCUT2D eigenvalue weighted by molar-refractivity contribution is 5.79. The Morgan fingerprint density at radius 1 is 1.20 bits per heavy atom. The molecule has 0 aliphatic carbocycles. The van der Waals surface area contributed by atoms with Crippen LogP contribution in [0.1, 0.15) is 5.56 Å². The summed E-state index contributed by atoms with van der Waals surface area (Å²) in [5.74, 6) is -1.24. The van der Waals surface area contributed by atoms with Crippen LogP contribution in [0.25, 0.3) is 10.4 Å². The minimum absolute atomic E-state index is 0.0406. The predicted molar refractivity (Wildman–Crippen MR) is 86.8 cm³/mol. The molecule has 1 aromatic rings. The number of nitrogens with zero attached hydrogens (tertiary/aromatic N) is 3. The Labute approximate surface area is 144 Å². The summed E-state index contributed by atoms with van der Waals surface area (Å²) in [6.07, 6.45) is -0.842. The zero-order chi connectivity index (χ0) is 18.3. The number of benzene rings is 1. The highest BCUT2D eigenvalue weighted by atomic mass is 16.6. The predicted octanol–water partition coefficient (Wildman–Crippen LogP) is 1.71. The first-order valence-electron chi connectivity index (χ1n) is 7.50. The molecule has 0 fully saturated rings. The van der Waals surface area contributed by atoms with Gasteiger partial charge in [-0.1, -0.05) is 35.4 Å². The number of carbonyl (C=O) groups is 2. The fraction of sp³-hybridized carbons (Fsp3) is 0.467. The van der Waals surface area contributed by atoms with Crippen molar-refractivity contribution in [3.63, 3.8) is 0 Å². The van der Waals surface area contributed by atoms with Crippen molar-refractivity contribution in [2.45, 2.75) is 12.6 Å². The number of carboxylic acid groups (broad SMARTS) is 1. The van der Waals surface area contributed by atoms with E-state index in [1.54, 1.807) is 24.3 Å². The first kappa shape index (κ1) is 20.2. The van der Waals surface area contributed by atoms with Crippen molar-refractivity contribution < 1.29 is 28.9 Å². The molecule has 0 aliphatic heterocycles. The molecule has 0 bridgehead atoms. The largest absolute Gasteiger partial charge is 0.480 e. The molecule has 1 amide bonds. The third-order valence-electron chi connectivity index (χ3n) is 2.86. The molecule has 1 rings (SSSR count). The summed E-state index contributed by atoms with van der Waals surface area (Å²) in [7, 11) is 0. The Balaban J connectivity index is 2.21. The first-order chi connectivity index (χ1) is 12.1. The highest BCUT2D eigenvalue weighted by Gasteiger charge is 2.20. The number of alkyl carbamates (subject to hydrolysis) is 1. The standard InChI is InChI=1S/C15H20N4O6/c16-19-17-6-7-23-8-9-24-11-13(14(20)21)18-15(22)25-10-12-4-2-1-3-5-12/h1-5,13H,6-11H2,(H,18,22)(H,20,21). The van der Waals surface area contributed by atoms with Crippen molar-refractivity contribution in [3.05, 3.63) is 46.3 Å². The van der Waals surface area contributed by atoms with Crippen LogP contribution in [0.3, 0.4) is 0 Å². The molecule has 25 heavy (non-hydrogen) atoms. The number of aliphatic carboxylic acids is 1. The molecule has 1 atom stereocenters. The van der Waals surface area contributed by atoms with Gasteiger partial charge in [-0.15, -0.1) is 0 Å².